The summed E-state index contributed by atoms with van der Waals surface area (Å²) in [5.74, 6) is -0.423. The van der Waals surface area contributed by atoms with Gasteiger partial charge in [0.25, 0.3) is 5.91 Å². The molecule has 0 aliphatic heterocycles. The maximum Gasteiger partial charge on any atom is 0.253 e. The van der Waals surface area contributed by atoms with Gasteiger partial charge in [0.15, 0.2) is 5.75 Å². The molecule has 16 heavy (non-hydrogen) atoms. The Labute approximate surface area is 107 Å². The van der Waals surface area contributed by atoms with Crippen molar-refractivity contribution in [2.45, 2.75) is 13.0 Å². The second-order valence-corrected chi connectivity index (χ2v) is 4.44. The third-order valence-corrected chi connectivity index (χ3v) is 2.83. The van der Waals surface area contributed by atoms with E-state index in [0.29, 0.717) is 9.50 Å². The van der Waals surface area contributed by atoms with Gasteiger partial charge in [0.05, 0.1) is 10.2 Å². The van der Waals surface area contributed by atoms with Crippen molar-refractivity contribution in [1.29, 1.82) is 0 Å². The third-order valence-electron chi connectivity index (χ3n) is 2.01. The van der Waals surface area contributed by atoms with Gasteiger partial charge < -0.3 is 15.2 Å². The average molecular weight is 309 g/mol. The fourth-order valence-corrected chi connectivity index (χ4v) is 1.81. The highest BCUT2D eigenvalue weighted by atomic mass is 79.9. The van der Waals surface area contributed by atoms with Gasteiger partial charge in [-0.05, 0) is 35.0 Å². The smallest absolute Gasteiger partial charge is 0.253 e. The number of phenolic OH excluding ortho intramolecular Hbond substituents is 1. The zero-order valence-electron chi connectivity index (χ0n) is 8.75. The molecule has 0 radical (unpaired) electrons. The van der Waals surface area contributed by atoms with Gasteiger partial charge in [-0.1, -0.05) is 11.6 Å². The van der Waals surface area contributed by atoms with Crippen molar-refractivity contribution in [2.24, 2.45) is 0 Å². The highest BCUT2D eigenvalue weighted by molar-refractivity contribution is 9.10. The number of benzene rings is 1. The number of ether oxygens (including phenoxy) is 1. The molecule has 2 N–H and O–H groups in total. The Balaban J connectivity index is 2.93. The molecule has 1 aromatic rings. The highest BCUT2D eigenvalue weighted by Crippen LogP contribution is 2.35. The van der Waals surface area contributed by atoms with Crippen molar-refractivity contribution in [3.8, 4) is 5.75 Å². The van der Waals surface area contributed by atoms with E-state index < -0.39 is 6.10 Å². The fourth-order valence-electron chi connectivity index (χ4n) is 1.00. The molecule has 1 aromatic carbocycles. The summed E-state index contributed by atoms with van der Waals surface area (Å²) in [5, 5.41) is 12.6. The minimum Gasteiger partial charge on any atom is -0.505 e. The first-order valence-corrected chi connectivity index (χ1v) is 5.64. The standard InChI is InChI=1S/C10H11BrClNO3/c1-5(16-2)10(15)13-8-4-6(12)3-7(11)9(8)14/h3-5,14H,1-2H3,(H,13,15). The number of halogens is 2. The number of methoxy groups -OCH3 is 1. The lowest BCUT2D eigenvalue weighted by molar-refractivity contribution is -0.124. The number of carbonyl (C=O) groups excluding carboxylic acids is 1. The molecule has 0 aromatic heterocycles. The third kappa shape index (κ3) is 3.10. The van der Waals surface area contributed by atoms with Crippen molar-refractivity contribution in [1.82, 2.24) is 0 Å². The zero-order valence-corrected chi connectivity index (χ0v) is 11.1. The Morgan fingerprint density at radius 2 is 2.25 bits per heavy atom. The largest absolute Gasteiger partial charge is 0.505 e. The van der Waals surface area contributed by atoms with Crippen LogP contribution in [0.5, 0.6) is 5.75 Å². The molecule has 0 saturated carbocycles. The van der Waals surface area contributed by atoms with Crippen LogP contribution in [0.1, 0.15) is 6.92 Å². The van der Waals surface area contributed by atoms with Gasteiger partial charge in [-0.2, -0.15) is 0 Å². The molecule has 0 spiro atoms. The summed E-state index contributed by atoms with van der Waals surface area (Å²) in [6.45, 7) is 1.60. The number of hydrogen-bond donors (Lipinski definition) is 2. The molecule has 0 fully saturated rings. The summed E-state index contributed by atoms with van der Waals surface area (Å²) in [7, 11) is 1.43. The number of amides is 1. The van der Waals surface area contributed by atoms with Crippen LogP contribution in [-0.4, -0.2) is 24.2 Å². The van der Waals surface area contributed by atoms with E-state index >= 15 is 0 Å². The number of carbonyl (C=O) groups is 1. The summed E-state index contributed by atoms with van der Waals surface area (Å²) in [6, 6.07) is 2.99. The molecule has 1 unspecified atom stereocenters. The van der Waals surface area contributed by atoms with Crippen LogP contribution in [-0.2, 0) is 9.53 Å². The maximum atomic E-state index is 11.5. The van der Waals surface area contributed by atoms with Crippen LogP contribution < -0.4 is 5.32 Å². The first-order valence-electron chi connectivity index (χ1n) is 4.47. The molecule has 0 aliphatic rings. The SMILES string of the molecule is COC(C)C(=O)Nc1cc(Cl)cc(Br)c1O. The second-order valence-electron chi connectivity index (χ2n) is 3.15. The van der Waals surface area contributed by atoms with E-state index in [9.17, 15) is 9.90 Å². The molecule has 0 saturated heterocycles. The van der Waals surface area contributed by atoms with Crippen LogP contribution in [0.15, 0.2) is 16.6 Å². The molecular formula is C10H11BrClNO3. The topological polar surface area (TPSA) is 58.6 Å². The van der Waals surface area contributed by atoms with Crippen LogP contribution in [0.25, 0.3) is 0 Å². The summed E-state index contributed by atoms with van der Waals surface area (Å²) in [5.41, 5.74) is 0.244. The predicted octanol–water partition coefficient (Wildman–Crippen LogP) is 2.78. The lowest BCUT2D eigenvalue weighted by atomic mass is 10.2. The van der Waals surface area contributed by atoms with Crippen LogP contribution in [0.2, 0.25) is 5.02 Å². The van der Waals surface area contributed by atoms with Crippen LogP contribution >= 0.6 is 27.5 Å². The van der Waals surface area contributed by atoms with Crippen molar-refractivity contribution >= 4 is 39.1 Å². The number of nitrogens with one attached hydrogen (secondary N) is 1. The average Bonchev–Trinajstić information content (AvgIpc) is 2.23. The van der Waals surface area contributed by atoms with Gasteiger partial charge in [0.2, 0.25) is 0 Å². The molecule has 4 nitrogen and oxygen atoms in total. The number of phenols is 1. The van der Waals surface area contributed by atoms with E-state index in [4.69, 9.17) is 16.3 Å². The molecule has 0 aliphatic carbocycles. The fraction of sp³-hybridized carbons (Fsp3) is 0.300. The monoisotopic (exact) mass is 307 g/mol. The van der Waals surface area contributed by atoms with Crippen LogP contribution in [0, 0.1) is 0 Å². The molecule has 0 heterocycles. The van der Waals surface area contributed by atoms with Gasteiger partial charge in [-0.25, -0.2) is 0 Å². The predicted molar refractivity (Wildman–Crippen MR) is 65.9 cm³/mol. The number of aromatic hydroxyl groups is 1. The molecule has 1 atom stereocenters. The molecule has 0 bridgehead atoms. The molecule has 1 amide bonds. The van der Waals surface area contributed by atoms with Crippen LogP contribution in [0.4, 0.5) is 5.69 Å². The number of anilines is 1. The Hall–Kier alpha value is -0.780. The maximum absolute atomic E-state index is 11.5. The lowest BCUT2D eigenvalue weighted by Crippen LogP contribution is -2.26. The highest BCUT2D eigenvalue weighted by Gasteiger charge is 2.15. The lowest BCUT2D eigenvalue weighted by Gasteiger charge is -2.12. The summed E-state index contributed by atoms with van der Waals surface area (Å²) in [6.07, 6.45) is -0.600. The van der Waals surface area contributed by atoms with Gasteiger partial charge in [-0.15, -0.1) is 0 Å². The van der Waals surface area contributed by atoms with Crippen molar-refractivity contribution in [3.63, 3.8) is 0 Å². The Kier molecular flexibility index (Phi) is 4.58. The van der Waals surface area contributed by atoms with E-state index in [1.807, 2.05) is 0 Å². The van der Waals surface area contributed by atoms with E-state index in [0.717, 1.165) is 0 Å². The van der Waals surface area contributed by atoms with Crippen molar-refractivity contribution < 1.29 is 14.6 Å². The number of hydrogen-bond acceptors (Lipinski definition) is 3. The zero-order chi connectivity index (χ0) is 12.3. The van der Waals surface area contributed by atoms with E-state index in [1.165, 1.54) is 19.2 Å². The Morgan fingerprint density at radius 1 is 1.62 bits per heavy atom. The minimum atomic E-state index is -0.600. The summed E-state index contributed by atoms with van der Waals surface area (Å²) < 4.78 is 5.26. The second kappa shape index (κ2) is 5.52. The van der Waals surface area contributed by atoms with E-state index in [1.54, 1.807) is 6.92 Å². The molecule has 88 valence electrons. The van der Waals surface area contributed by atoms with Crippen LogP contribution in [0.3, 0.4) is 0 Å². The Bertz CT molecular complexity index is 411. The first-order chi connectivity index (χ1) is 7.45. The molecule has 1 rings (SSSR count). The normalized spacial score (nSPS) is 12.2. The van der Waals surface area contributed by atoms with Crippen molar-refractivity contribution in [2.75, 3.05) is 12.4 Å². The first kappa shape index (κ1) is 13.3. The van der Waals surface area contributed by atoms with Gasteiger partial charge in [-0.3, -0.25) is 4.79 Å². The van der Waals surface area contributed by atoms with Gasteiger partial charge >= 0.3 is 0 Å². The molecular weight excluding hydrogens is 297 g/mol. The Morgan fingerprint density at radius 3 is 2.81 bits per heavy atom. The van der Waals surface area contributed by atoms with Gasteiger partial charge in [0, 0.05) is 12.1 Å². The van der Waals surface area contributed by atoms with Gasteiger partial charge in [0.1, 0.15) is 6.10 Å². The minimum absolute atomic E-state index is 0.0685. The van der Waals surface area contributed by atoms with E-state index in [-0.39, 0.29) is 17.3 Å². The summed E-state index contributed by atoms with van der Waals surface area (Å²) >= 11 is 8.92. The molecule has 6 heteroatoms. The quantitative estimate of drug-likeness (QED) is 0.844. The number of rotatable bonds is 3. The van der Waals surface area contributed by atoms with E-state index in [2.05, 4.69) is 21.2 Å². The van der Waals surface area contributed by atoms with Crippen molar-refractivity contribution in [3.05, 3.63) is 21.6 Å². The summed E-state index contributed by atoms with van der Waals surface area (Å²) in [4.78, 5) is 11.5.